The van der Waals surface area contributed by atoms with Crippen LogP contribution in [0.4, 0.5) is 15.8 Å². The average Bonchev–Trinajstić information content (AvgIpc) is 3.34. The van der Waals surface area contributed by atoms with Crippen molar-refractivity contribution in [2.75, 3.05) is 48.8 Å². The predicted octanol–water partition coefficient (Wildman–Crippen LogP) is 1.75. The van der Waals surface area contributed by atoms with Gasteiger partial charge in [0.2, 0.25) is 15.8 Å². The van der Waals surface area contributed by atoms with Gasteiger partial charge in [-0.1, -0.05) is 12.1 Å². The van der Waals surface area contributed by atoms with E-state index in [0.29, 0.717) is 44.1 Å². The Morgan fingerprint density at radius 3 is 2.59 bits per heavy atom. The topological polar surface area (TPSA) is 133 Å². The molecular formula is C24H25FN6O5S. The van der Waals surface area contributed by atoms with Gasteiger partial charge in [0.15, 0.2) is 17.2 Å². The molecule has 1 fully saturated rings. The quantitative estimate of drug-likeness (QED) is 0.387. The number of imidazole rings is 1. The predicted molar refractivity (Wildman–Crippen MR) is 136 cm³/mol. The van der Waals surface area contributed by atoms with Crippen LogP contribution in [0.5, 0.6) is 5.75 Å². The van der Waals surface area contributed by atoms with Crippen LogP contribution in [0.15, 0.2) is 47.5 Å². The average molecular weight is 529 g/mol. The first-order chi connectivity index (χ1) is 17.6. The standard InChI is InChI=1S/C24H25FN6O5S/c1-29(37(2,34)35)19-12-18(30-7-9-36-10-8-30)14-31-23(19)28-20(21(32)24(31)33)22-26-13-17(27-22)11-15-3-5-16(25)6-4-15/h3-6,12-14,32H,7-11H2,1-2H3,(H,26,27). The minimum Gasteiger partial charge on any atom is -0.501 e. The van der Waals surface area contributed by atoms with Crippen LogP contribution in [0.1, 0.15) is 11.3 Å². The summed E-state index contributed by atoms with van der Waals surface area (Å²) in [6.07, 6.45) is 4.53. The first-order valence-corrected chi connectivity index (χ1v) is 13.3. The number of H-pyrrole nitrogens is 1. The van der Waals surface area contributed by atoms with Gasteiger partial charge in [-0.2, -0.15) is 0 Å². The van der Waals surface area contributed by atoms with E-state index >= 15 is 0 Å². The molecule has 0 atom stereocenters. The fourth-order valence-electron chi connectivity index (χ4n) is 4.16. The van der Waals surface area contributed by atoms with Crippen LogP contribution in [0.3, 0.4) is 0 Å². The van der Waals surface area contributed by atoms with Crippen LogP contribution in [0.2, 0.25) is 0 Å². The molecule has 0 amide bonds. The SMILES string of the molecule is CN(c1cc(N2CCOCC2)cn2c(=O)c(O)c(-c3ncc(Cc4ccc(F)cc4)[nH]3)nc12)S(C)(=O)=O. The molecule has 4 aromatic rings. The molecule has 0 bridgehead atoms. The lowest BCUT2D eigenvalue weighted by atomic mass is 10.1. The van der Waals surface area contributed by atoms with Crippen molar-refractivity contribution < 1.29 is 22.7 Å². The van der Waals surface area contributed by atoms with Gasteiger partial charge in [-0.15, -0.1) is 0 Å². The highest BCUT2D eigenvalue weighted by atomic mass is 32.2. The van der Waals surface area contributed by atoms with E-state index in [1.807, 2.05) is 4.90 Å². The van der Waals surface area contributed by atoms with E-state index in [1.165, 1.54) is 31.6 Å². The van der Waals surface area contributed by atoms with Crippen LogP contribution < -0.4 is 14.8 Å². The molecule has 0 radical (unpaired) electrons. The number of hydrogen-bond acceptors (Lipinski definition) is 8. The molecule has 1 saturated heterocycles. The zero-order valence-electron chi connectivity index (χ0n) is 20.2. The molecule has 1 aromatic carbocycles. The van der Waals surface area contributed by atoms with Crippen molar-refractivity contribution in [1.29, 1.82) is 0 Å². The largest absolute Gasteiger partial charge is 0.501 e. The van der Waals surface area contributed by atoms with Gasteiger partial charge in [0.05, 0.1) is 30.8 Å². The van der Waals surface area contributed by atoms with Gasteiger partial charge >= 0.3 is 5.56 Å². The fraction of sp³-hybridized carbons (Fsp3) is 0.292. The first kappa shape index (κ1) is 24.7. The number of fused-ring (bicyclic) bond motifs is 1. The number of halogens is 1. The Bertz CT molecular complexity index is 1630. The van der Waals surface area contributed by atoms with Gasteiger partial charge in [-0.3, -0.25) is 13.5 Å². The molecule has 0 unspecified atom stereocenters. The molecule has 1 aliphatic heterocycles. The summed E-state index contributed by atoms with van der Waals surface area (Å²) in [7, 11) is -2.33. The molecule has 13 heteroatoms. The van der Waals surface area contributed by atoms with Gasteiger partial charge in [0.25, 0.3) is 0 Å². The minimum atomic E-state index is -3.71. The summed E-state index contributed by atoms with van der Waals surface area (Å²) in [5.74, 6) is -0.835. The normalized spacial score (nSPS) is 14.3. The van der Waals surface area contributed by atoms with Gasteiger partial charge < -0.3 is 19.7 Å². The number of aromatic nitrogens is 4. The Labute approximate surface area is 211 Å². The molecule has 11 nitrogen and oxygen atoms in total. The molecule has 4 heterocycles. The Morgan fingerprint density at radius 2 is 1.92 bits per heavy atom. The lowest BCUT2D eigenvalue weighted by Crippen LogP contribution is -2.37. The Morgan fingerprint density at radius 1 is 1.22 bits per heavy atom. The molecule has 0 spiro atoms. The van der Waals surface area contributed by atoms with Crippen LogP contribution in [0.25, 0.3) is 17.2 Å². The van der Waals surface area contributed by atoms with Crippen molar-refractivity contribution in [3.05, 3.63) is 70.2 Å². The van der Waals surface area contributed by atoms with Crippen molar-refractivity contribution in [3.8, 4) is 17.3 Å². The second-order valence-corrected chi connectivity index (χ2v) is 10.8. The fourth-order valence-corrected chi connectivity index (χ4v) is 4.65. The molecule has 0 saturated carbocycles. The van der Waals surface area contributed by atoms with E-state index in [4.69, 9.17) is 4.74 Å². The maximum atomic E-state index is 13.3. The monoisotopic (exact) mass is 528 g/mol. The minimum absolute atomic E-state index is 0.0409. The highest BCUT2D eigenvalue weighted by Gasteiger charge is 2.24. The summed E-state index contributed by atoms with van der Waals surface area (Å²) >= 11 is 0. The molecule has 3 aromatic heterocycles. The Kier molecular flexibility index (Phi) is 6.33. The number of ether oxygens (including phenoxy) is 1. The van der Waals surface area contributed by atoms with E-state index < -0.39 is 21.3 Å². The van der Waals surface area contributed by atoms with E-state index in [9.17, 15) is 22.7 Å². The maximum Gasteiger partial charge on any atom is 0.300 e. The summed E-state index contributed by atoms with van der Waals surface area (Å²) in [5.41, 5.74) is 1.41. The number of benzene rings is 1. The maximum absolute atomic E-state index is 13.3. The number of nitrogens with zero attached hydrogens (tertiary/aromatic N) is 5. The van der Waals surface area contributed by atoms with Crippen LogP contribution in [-0.2, 0) is 21.2 Å². The third-order valence-electron chi connectivity index (χ3n) is 6.24. The number of nitrogens with one attached hydrogen (secondary N) is 1. The summed E-state index contributed by atoms with van der Waals surface area (Å²) in [5, 5.41) is 10.8. The van der Waals surface area contributed by atoms with Crippen molar-refractivity contribution in [2.24, 2.45) is 0 Å². The second-order valence-electron chi connectivity index (χ2n) is 8.78. The molecule has 0 aliphatic carbocycles. The van der Waals surface area contributed by atoms with E-state index in [0.717, 1.165) is 20.5 Å². The molecule has 194 valence electrons. The van der Waals surface area contributed by atoms with Gasteiger partial charge in [-0.05, 0) is 23.8 Å². The zero-order chi connectivity index (χ0) is 26.3. The third kappa shape index (κ3) is 4.87. The van der Waals surface area contributed by atoms with Crippen molar-refractivity contribution >= 4 is 27.0 Å². The number of pyridine rings is 1. The van der Waals surface area contributed by atoms with E-state index in [2.05, 4.69) is 15.0 Å². The third-order valence-corrected chi connectivity index (χ3v) is 7.43. The Balaban J connectivity index is 1.63. The molecule has 5 rings (SSSR count). The highest BCUT2D eigenvalue weighted by molar-refractivity contribution is 7.92. The van der Waals surface area contributed by atoms with Crippen molar-refractivity contribution in [1.82, 2.24) is 19.4 Å². The number of aromatic hydroxyl groups is 1. The van der Waals surface area contributed by atoms with E-state index in [1.54, 1.807) is 18.2 Å². The van der Waals surface area contributed by atoms with Gasteiger partial charge in [0, 0.05) is 44.6 Å². The Hall–Kier alpha value is -3.97. The smallest absolute Gasteiger partial charge is 0.300 e. The number of aromatic amines is 1. The number of morpholine rings is 1. The lowest BCUT2D eigenvalue weighted by Gasteiger charge is -2.30. The van der Waals surface area contributed by atoms with Crippen molar-refractivity contribution in [3.63, 3.8) is 0 Å². The van der Waals surface area contributed by atoms with Gasteiger partial charge in [0.1, 0.15) is 5.82 Å². The zero-order valence-corrected chi connectivity index (χ0v) is 21.0. The van der Waals surface area contributed by atoms with E-state index in [-0.39, 0.29) is 28.7 Å². The number of hydrogen-bond donors (Lipinski definition) is 2. The first-order valence-electron chi connectivity index (χ1n) is 11.5. The molecular weight excluding hydrogens is 503 g/mol. The summed E-state index contributed by atoms with van der Waals surface area (Å²) in [6, 6.07) is 7.65. The summed E-state index contributed by atoms with van der Waals surface area (Å²) in [4.78, 5) is 27.0. The lowest BCUT2D eigenvalue weighted by molar-refractivity contribution is 0.122. The summed E-state index contributed by atoms with van der Waals surface area (Å²) in [6.45, 7) is 2.10. The number of sulfonamides is 1. The second kappa shape index (κ2) is 9.48. The highest BCUT2D eigenvalue weighted by Crippen LogP contribution is 2.31. The molecule has 1 aliphatic rings. The number of rotatable bonds is 6. The molecule has 2 N–H and O–H groups in total. The van der Waals surface area contributed by atoms with Gasteiger partial charge in [-0.25, -0.2) is 22.8 Å². The van der Waals surface area contributed by atoms with Crippen LogP contribution >= 0.6 is 0 Å². The van der Waals surface area contributed by atoms with Crippen molar-refractivity contribution in [2.45, 2.75) is 6.42 Å². The molecule has 37 heavy (non-hydrogen) atoms. The van der Waals surface area contributed by atoms with Crippen LogP contribution in [0, 0.1) is 5.82 Å². The van der Waals surface area contributed by atoms with Crippen LogP contribution in [-0.4, -0.2) is 72.5 Å². The summed E-state index contributed by atoms with van der Waals surface area (Å²) < 4.78 is 45.7. The number of anilines is 2.